The minimum absolute atomic E-state index is 0.229. The standard InChI is InChI=1S/C21H22O4S/c1-3-12(2)13-4-6-14(7-5-13)25-26(22,23)15-8-9-16-17(10-15)19-11-18(16)20-21(19)24-20/h4-10,12,18-21H,3,11H2,1-2H3. The zero-order valence-electron chi connectivity index (χ0n) is 14.9. The van der Waals surface area contributed by atoms with Crippen molar-refractivity contribution in [3.8, 4) is 5.75 Å². The molecule has 0 aromatic heterocycles. The van der Waals surface area contributed by atoms with Gasteiger partial charge in [0.25, 0.3) is 0 Å². The quantitative estimate of drug-likeness (QED) is 0.581. The van der Waals surface area contributed by atoms with E-state index in [0.717, 1.165) is 18.4 Å². The molecule has 2 aromatic rings. The maximum atomic E-state index is 12.7. The highest BCUT2D eigenvalue weighted by atomic mass is 32.2. The summed E-state index contributed by atoms with van der Waals surface area (Å²) in [4.78, 5) is 0.229. The number of benzene rings is 2. The summed E-state index contributed by atoms with van der Waals surface area (Å²) >= 11 is 0. The topological polar surface area (TPSA) is 55.9 Å². The molecule has 3 aliphatic rings. The first-order chi connectivity index (χ1) is 12.5. The van der Waals surface area contributed by atoms with Gasteiger partial charge in [0.2, 0.25) is 0 Å². The first kappa shape index (κ1) is 16.3. The molecule has 0 spiro atoms. The van der Waals surface area contributed by atoms with Crippen LogP contribution in [0.4, 0.5) is 0 Å². The highest BCUT2D eigenvalue weighted by Gasteiger charge is 2.62. The van der Waals surface area contributed by atoms with E-state index < -0.39 is 10.1 Å². The van der Waals surface area contributed by atoms with Crippen molar-refractivity contribution in [2.75, 3.05) is 0 Å². The second kappa shape index (κ2) is 5.57. The number of rotatable bonds is 5. The molecular formula is C21H22O4S. The first-order valence-corrected chi connectivity index (χ1v) is 10.7. The Labute approximate surface area is 154 Å². The first-order valence-electron chi connectivity index (χ1n) is 9.31. The van der Waals surface area contributed by atoms with Gasteiger partial charge in [0, 0.05) is 11.8 Å². The van der Waals surface area contributed by atoms with Gasteiger partial charge in [-0.2, -0.15) is 8.42 Å². The minimum Gasteiger partial charge on any atom is -0.379 e. The molecular weight excluding hydrogens is 348 g/mol. The Bertz CT molecular complexity index is 964. The number of hydrogen-bond acceptors (Lipinski definition) is 4. The second-order valence-electron chi connectivity index (χ2n) is 7.72. The van der Waals surface area contributed by atoms with Crippen molar-refractivity contribution >= 4 is 10.1 Å². The molecule has 26 heavy (non-hydrogen) atoms. The molecule has 1 aliphatic heterocycles. The second-order valence-corrected chi connectivity index (χ2v) is 9.27. The van der Waals surface area contributed by atoms with Crippen molar-refractivity contribution in [3.63, 3.8) is 0 Å². The van der Waals surface area contributed by atoms with Crippen LogP contribution in [0.1, 0.15) is 61.1 Å². The van der Waals surface area contributed by atoms with Crippen molar-refractivity contribution in [2.24, 2.45) is 0 Å². The van der Waals surface area contributed by atoms with Crippen LogP contribution in [0.25, 0.3) is 0 Å². The Hall–Kier alpha value is -1.85. The Balaban J connectivity index is 1.40. The number of fused-ring (bicyclic) bond motifs is 8. The lowest BCUT2D eigenvalue weighted by atomic mass is 9.92. The summed E-state index contributed by atoms with van der Waals surface area (Å²) < 4.78 is 36.5. The van der Waals surface area contributed by atoms with Crippen molar-refractivity contribution < 1.29 is 17.3 Å². The van der Waals surface area contributed by atoms with Gasteiger partial charge in [0.15, 0.2) is 0 Å². The van der Waals surface area contributed by atoms with Crippen molar-refractivity contribution in [1.82, 2.24) is 0 Å². The molecule has 5 rings (SSSR count). The average Bonchev–Trinajstić information content (AvgIpc) is 3.26. The Kier molecular flexibility index (Phi) is 3.50. The van der Waals surface area contributed by atoms with Gasteiger partial charge in [0.05, 0.1) is 12.2 Å². The molecule has 1 saturated carbocycles. The van der Waals surface area contributed by atoms with Crippen LogP contribution in [-0.4, -0.2) is 20.6 Å². The Morgan fingerprint density at radius 2 is 1.77 bits per heavy atom. The van der Waals surface area contributed by atoms with Crippen LogP contribution >= 0.6 is 0 Å². The largest absolute Gasteiger partial charge is 0.379 e. The highest BCUT2D eigenvalue weighted by Crippen LogP contribution is 2.62. The molecule has 0 amide bonds. The van der Waals surface area contributed by atoms with E-state index in [4.69, 9.17) is 8.92 Å². The predicted molar refractivity (Wildman–Crippen MR) is 98.2 cm³/mol. The van der Waals surface area contributed by atoms with Crippen LogP contribution < -0.4 is 4.18 Å². The van der Waals surface area contributed by atoms with E-state index in [2.05, 4.69) is 13.8 Å². The third-order valence-electron chi connectivity index (χ3n) is 6.28. The Morgan fingerprint density at radius 3 is 2.46 bits per heavy atom. The zero-order chi connectivity index (χ0) is 18.1. The van der Waals surface area contributed by atoms with E-state index in [1.54, 1.807) is 24.3 Å². The third kappa shape index (κ3) is 2.41. The lowest BCUT2D eigenvalue weighted by Crippen LogP contribution is -2.13. The van der Waals surface area contributed by atoms with E-state index in [9.17, 15) is 8.42 Å². The number of ether oxygens (including phenoxy) is 1. The molecule has 5 unspecified atom stereocenters. The van der Waals surface area contributed by atoms with E-state index in [-0.39, 0.29) is 4.90 Å². The van der Waals surface area contributed by atoms with Gasteiger partial charge in [-0.1, -0.05) is 32.0 Å². The molecule has 0 radical (unpaired) electrons. The highest BCUT2D eigenvalue weighted by molar-refractivity contribution is 7.87. The summed E-state index contributed by atoms with van der Waals surface area (Å²) in [5.74, 6) is 1.60. The van der Waals surface area contributed by atoms with Crippen molar-refractivity contribution in [2.45, 2.75) is 61.5 Å². The fourth-order valence-electron chi connectivity index (χ4n) is 4.56. The smallest absolute Gasteiger partial charge is 0.339 e. The van der Waals surface area contributed by atoms with Crippen LogP contribution in [0.5, 0.6) is 5.75 Å². The van der Waals surface area contributed by atoms with Crippen LogP contribution in [0.3, 0.4) is 0 Å². The molecule has 5 atom stereocenters. The van der Waals surface area contributed by atoms with E-state index in [0.29, 0.717) is 35.7 Å². The van der Waals surface area contributed by atoms with Crippen molar-refractivity contribution in [1.29, 1.82) is 0 Å². The van der Waals surface area contributed by atoms with Crippen LogP contribution in [-0.2, 0) is 14.9 Å². The predicted octanol–water partition coefficient (Wildman–Crippen LogP) is 4.32. The molecule has 2 bridgehead atoms. The van der Waals surface area contributed by atoms with Gasteiger partial charge in [-0.15, -0.1) is 0 Å². The van der Waals surface area contributed by atoms with Crippen LogP contribution in [0, 0.1) is 0 Å². The molecule has 2 fully saturated rings. The van der Waals surface area contributed by atoms with Gasteiger partial charge >= 0.3 is 10.1 Å². The molecule has 5 heteroatoms. The van der Waals surface area contributed by atoms with Gasteiger partial charge in [0.1, 0.15) is 10.6 Å². The minimum atomic E-state index is -3.84. The van der Waals surface area contributed by atoms with Gasteiger partial charge in [-0.25, -0.2) is 0 Å². The maximum Gasteiger partial charge on any atom is 0.339 e. The van der Waals surface area contributed by atoms with Crippen LogP contribution in [0.15, 0.2) is 47.4 Å². The lowest BCUT2D eigenvalue weighted by molar-refractivity contribution is 0.297. The fraction of sp³-hybridized carbons (Fsp3) is 0.429. The van der Waals surface area contributed by atoms with E-state index >= 15 is 0 Å². The normalized spacial score (nSPS) is 29.2. The van der Waals surface area contributed by atoms with Crippen molar-refractivity contribution in [3.05, 3.63) is 59.2 Å². The molecule has 136 valence electrons. The molecule has 4 nitrogen and oxygen atoms in total. The fourth-order valence-corrected chi connectivity index (χ4v) is 5.53. The summed E-state index contributed by atoms with van der Waals surface area (Å²) in [6.45, 7) is 4.29. The van der Waals surface area contributed by atoms with Gasteiger partial charge in [-0.3, -0.25) is 0 Å². The van der Waals surface area contributed by atoms with Gasteiger partial charge < -0.3 is 8.92 Å². The Morgan fingerprint density at radius 1 is 1.08 bits per heavy atom. The van der Waals surface area contributed by atoms with E-state index in [1.165, 1.54) is 11.1 Å². The number of epoxide rings is 1. The third-order valence-corrected chi connectivity index (χ3v) is 7.52. The van der Waals surface area contributed by atoms with Gasteiger partial charge in [-0.05, 0) is 59.7 Å². The van der Waals surface area contributed by atoms with Crippen LogP contribution in [0.2, 0.25) is 0 Å². The molecule has 2 aliphatic carbocycles. The molecule has 0 N–H and O–H groups in total. The SMILES string of the molecule is CCC(C)c1ccc(OS(=O)(=O)c2ccc3c(c2)C2CC3C3OC23)cc1. The average molecular weight is 370 g/mol. The monoisotopic (exact) mass is 370 g/mol. The molecule has 1 saturated heterocycles. The summed E-state index contributed by atoms with van der Waals surface area (Å²) in [5, 5.41) is 0. The lowest BCUT2D eigenvalue weighted by Gasteiger charge is -2.14. The molecule has 2 aromatic carbocycles. The number of hydrogen-bond donors (Lipinski definition) is 0. The van der Waals surface area contributed by atoms with E-state index in [1.807, 2.05) is 18.2 Å². The summed E-state index contributed by atoms with van der Waals surface area (Å²) in [6, 6.07) is 12.7. The maximum absolute atomic E-state index is 12.7. The summed E-state index contributed by atoms with van der Waals surface area (Å²) in [7, 11) is -3.84. The summed E-state index contributed by atoms with van der Waals surface area (Å²) in [6.07, 6.45) is 2.81. The molecule has 1 heterocycles. The summed E-state index contributed by atoms with van der Waals surface area (Å²) in [5.41, 5.74) is 3.57. The zero-order valence-corrected chi connectivity index (χ0v) is 15.7.